The monoisotopic (exact) mass is 417 g/mol. The minimum absolute atomic E-state index is 0.202. The number of aromatic carboxylic acids is 1. The van der Waals surface area contributed by atoms with E-state index >= 15 is 0 Å². The highest BCUT2D eigenvalue weighted by Crippen LogP contribution is 2.31. The Morgan fingerprint density at radius 2 is 1.81 bits per heavy atom. The SMILES string of the molecule is CCOc1cc(C=C(C#N)c2ccccc2F)ccc1OCc1ccc(C(=O)O)cc1. The summed E-state index contributed by atoms with van der Waals surface area (Å²) in [4.78, 5) is 11.0. The van der Waals surface area contributed by atoms with E-state index in [9.17, 15) is 14.4 Å². The molecule has 0 unspecified atom stereocenters. The van der Waals surface area contributed by atoms with Crippen molar-refractivity contribution in [3.8, 4) is 17.6 Å². The van der Waals surface area contributed by atoms with Gasteiger partial charge in [0.15, 0.2) is 11.5 Å². The lowest BCUT2D eigenvalue weighted by atomic mass is 10.0. The predicted molar refractivity (Wildman–Crippen MR) is 115 cm³/mol. The molecule has 6 heteroatoms. The van der Waals surface area contributed by atoms with Gasteiger partial charge in [-0.2, -0.15) is 5.26 Å². The Morgan fingerprint density at radius 1 is 1.06 bits per heavy atom. The third-order valence-electron chi connectivity index (χ3n) is 4.46. The molecule has 0 bridgehead atoms. The van der Waals surface area contributed by atoms with Crippen molar-refractivity contribution in [2.24, 2.45) is 0 Å². The lowest BCUT2D eigenvalue weighted by Crippen LogP contribution is -2.01. The molecule has 0 aromatic heterocycles. The van der Waals surface area contributed by atoms with E-state index < -0.39 is 11.8 Å². The number of ether oxygens (including phenoxy) is 2. The Labute approximate surface area is 179 Å². The first-order valence-electron chi connectivity index (χ1n) is 9.60. The highest BCUT2D eigenvalue weighted by atomic mass is 19.1. The second-order valence-electron chi connectivity index (χ2n) is 6.58. The Balaban J connectivity index is 1.83. The Hall–Kier alpha value is -4.11. The maximum atomic E-state index is 14.1. The lowest BCUT2D eigenvalue weighted by Gasteiger charge is -2.13. The third kappa shape index (κ3) is 5.49. The van der Waals surface area contributed by atoms with Gasteiger partial charge in [0.05, 0.1) is 23.8 Å². The van der Waals surface area contributed by atoms with Crippen LogP contribution in [0.4, 0.5) is 4.39 Å². The summed E-state index contributed by atoms with van der Waals surface area (Å²) >= 11 is 0. The summed E-state index contributed by atoms with van der Waals surface area (Å²) < 4.78 is 25.6. The van der Waals surface area contributed by atoms with Crippen LogP contribution < -0.4 is 9.47 Å². The van der Waals surface area contributed by atoms with Gasteiger partial charge in [0.25, 0.3) is 0 Å². The molecule has 1 N–H and O–H groups in total. The topological polar surface area (TPSA) is 79.5 Å². The second-order valence-corrected chi connectivity index (χ2v) is 6.58. The van der Waals surface area contributed by atoms with Gasteiger partial charge in [-0.15, -0.1) is 0 Å². The highest BCUT2D eigenvalue weighted by molar-refractivity contribution is 5.90. The predicted octanol–water partition coefficient (Wildman–Crippen LogP) is 5.57. The van der Waals surface area contributed by atoms with E-state index in [4.69, 9.17) is 14.6 Å². The molecule has 3 aromatic carbocycles. The van der Waals surface area contributed by atoms with Crippen molar-refractivity contribution < 1.29 is 23.8 Å². The van der Waals surface area contributed by atoms with Gasteiger partial charge in [-0.05, 0) is 54.5 Å². The summed E-state index contributed by atoms with van der Waals surface area (Å²) in [6, 6.07) is 19.8. The molecule has 5 nitrogen and oxygen atoms in total. The summed E-state index contributed by atoms with van der Waals surface area (Å²) in [5, 5.41) is 18.5. The first kappa shape index (κ1) is 21.6. The van der Waals surface area contributed by atoms with Crippen LogP contribution in [-0.2, 0) is 6.61 Å². The molecule has 156 valence electrons. The van der Waals surface area contributed by atoms with Gasteiger partial charge in [-0.25, -0.2) is 9.18 Å². The number of carbonyl (C=O) groups is 1. The molecule has 31 heavy (non-hydrogen) atoms. The number of carboxylic acid groups (broad SMARTS) is 1. The molecule has 0 aliphatic carbocycles. The largest absolute Gasteiger partial charge is 0.490 e. The van der Waals surface area contributed by atoms with Crippen molar-refractivity contribution in [2.45, 2.75) is 13.5 Å². The number of allylic oxidation sites excluding steroid dienone is 1. The molecule has 0 spiro atoms. The molecule has 0 saturated carbocycles. The van der Waals surface area contributed by atoms with Gasteiger partial charge in [0.2, 0.25) is 0 Å². The average Bonchev–Trinajstić information content (AvgIpc) is 2.78. The summed E-state index contributed by atoms with van der Waals surface area (Å²) in [6.45, 7) is 2.49. The van der Waals surface area contributed by atoms with Gasteiger partial charge in [0, 0.05) is 5.56 Å². The molecule has 0 aliphatic heterocycles. The molecular weight excluding hydrogens is 397 g/mol. The molecule has 0 saturated heterocycles. The number of hydrogen-bond donors (Lipinski definition) is 1. The molecule has 0 aliphatic rings. The number of nitriles is 1. The molecule has 0 atom stereocenters. The van der Waals surface area contributed by atoms with Gasteiger partial charge >= 0.3 is 5.97 Å². The number of benzene rings is 3. The van der Waals surface area contributed by atoms with Crippen LogP contribution in [0, 0.1) is 17.1 Å². The lowest BCUT2D eigenvalue weighted by molar-refractivity contribution is 0.0697. The van der Waals surface area contributed by atoms with Crippen molar-refractivity contribution in [2.75, 3.05) is 6.61 Å². The van der Waals surface area contributed by atoms with Crippen LogP contribution in [0.1, 0.15) is 34.0 Å². The molecule has 0 fully saturated rings. The van der Waals surface area contributed by atoms with E-state index in [1.165, 1.54) is 18.2 Å². The van der Waals surface area contributed by atoms with Gasteiger partial charge in [-0.3, -0.25) is 0 Å². The minimum Gasteiger partial charge on any atom is -0.490 e. The van der Waals surface area contributed by atoms with E-state index in [0.29, 0.717) is 23.7 Å². The maximum Gasteiger partial charge on any atom is 0.335 e. The molecule has 0 heterocycles. The van der Waals surface area contributed by atoms with Crippen molar-refractivity contribution in [3.05, 3.63) is 94.8 Å². The smallest absolute Gasteiger partial charge is 0.335 e. The number of carboxylic acids is 1. The summed E-state index contributed by atoms with van der Waals surface area (Å²) in [7, 11) is 0. The first-order chi connectivity index (χ1) is 15.0. The molecule has 0 radical (unpaired) electrons. The molecular formula is C25H20FNO4. The zero-order valence-corrected chi connectivity index (χ0v) is 16.8. The fourth-order valence-corrected chi connectivity index (χ4v) is 2.92. The van der Waals surface area contributed by atoms with Crippen LogP contribution in [0.25, 0.3) is 11.6 Å². The fourth-order valence-electron chi connectivity index (χ4n) is 2.92. The van der Waals surface area contributed by atoms with Crippen molar-refractivity contribution in [1.82, 2.24) is 0 Å². The molecule has 3 rings (SSSR count). The molecule has 0 amide bonds. The number of halogens is 1. The van der Waals surface area contributed by atoms with E-state index in [1.807, 2.05) is 13.0 Å². The standard InChI is InChI=1S/C25H20FNO4/c1-2-30-24-14-18(13-20(15-27)21-5-3-4-6-22(21)26)9-12-23(24)31-16-17-7-10-19(11-8-17)25(28)29/h3-14H,2,16H2,1H3,(H,28,29). The maximum absolute atomic E-state index is 14.1. The van der Waals surface area contributed by atoms with Crippen LogP contribution in [-0.4, -0.2) is 17.7 Å². The average molecular weight is 417 g/mol. The van der Waals surface area contributed by atoms with Gasteiger partial charge in [-0.1, -0.05) is 36.4 Å². The van der Waals surface area contributed by atoms with E-state index in [0.717, 1.165) is 5.56 Å². The number of rotatable bonds is 8. The Bertz CT molecular complexity index is 1150. The summed E-state index contributed by atoms with van der Waals surface area (Å²) in [5.41, 5.74) is 2.11. The zero-order valence-electron chi connectivity index (χ0n) is 16.8. The van der Waals surface area contributed by atoms with Crippen molar-refractivity contribution >= 4 is 17.6 Å². The van der Waals surface area contributed by atoms with Crippen LogP contribution in [0.3, 0.4) is 0 Å². The normalized spacial score (nSPS) is 10.9. The number of nitrogens with zero attached hydrogens (tertiary/aromatic N) is 1. The van der Waals surface area contributed by atoms with Crippen molar-refractivity contribution in [3.63, 3.8) is 0 Å². The van der Waals surface area contributed by atoms with Gasteiger partial charge < -0.3 is 14.6 Å². The van der Waals surface area contributed by atoms with E-state index in [2.05, 4.69) is 0 Å². The first-order valence-corrected chi connectivity index (χ1v) is 9.60. The van der Waals surface area contributed by atoms with Crippen LogP contribution in [0.15, 0.2) is 66.7 Å². The van der Waals surface area contributed by atoms with Crippen LogP contribution >= 0.6 is 0 Å². The second kappa shape index (κ2) is 10.1. The quantitative estimate of drug-likeness (QED) is 0.383. The Morgan fingerprint density at radius 3 is 2.45 bits per heavy atom. The van der Waals surface area contributed by atoms with Crippen LogP contribution in [0.2, 0.25) is 0 Å². The minimum atomic E-state index is -0.984. The Kier molecular flexibility index (Phi) is 7.02. The van der Waals surface area contributed by atoms with Crippen molar-refractivity contribution in [1.29, 1.82) is 5.26 Å². The fraction of sp³-hybridized carbons (Fsp3) is 0.120. The zero-order chi connectivity index (χ0) is 22.2. The van der Waals surface area contributed by atoms with E-state index in [1.54, 1.807) is 54.6 Å². The molecule has 3 aromatic rings. The van der Waals surface area contributed by atoms with Crippen LogP contribution in [0.5, 0.6) is 11.5 Å². The van der Waals surface area contributed by atoms with E-state index in [-0.39, 0.29) is 23.3 Å². The summed E-state index contributed by atoms with van der Waals surface area (Å²) in [5.74, 6) is -0.453. The highest BCUT2D eigenvalue weighted by Gasteiger charge is 2.10. The third-order valence-corrected chi connectivity index (χ3v) is 4.46. The number of hydrogen-bond acceptors (Lipinski definition) is 4. The summed E-state index contributed by atoms with van der Waals surface area (Å²) in [6.07, 6.45) is 1.59. The van der Waals surface area contributed by atoms with Gasteiger partial charge in [0.1, 0.15) is 12.4 Å².